The fraction of sp³-hybridized carbons (Fsp3) is 0.100. The predicted molar refractivity (Wildman–Crippen MR) is 53.3 cm³/mol. The molecule has 1 heterocycles. The van der Waals surface area contributed by atoms with Gasteiger partial charge in [0.05, 0.1) is 17.4 Å². The highest BCUT2D eigenvalue weighted by Crippen LogP contribution is 2.16. The summed E-state index contributed by atoms with van der Waals surface area (Å²) >= 11 is 0. The summed E-state index contributed by atoms with van der Waals surface area (Å²) in [6.45, 7) is 0. The lowest BCUT2D eigenvalue weighted by Crippen LogP contribution is -2.02. The first kappa shape index (κ1) is 11.2. The summed E-state index contributed by atoms with van der Waals surface area (Å²) in [5.41, 5.74) is -0.0964. The minimum absolute atomic E-state index is 0.0402. The SMILES string of the molecule is O=C(O)c1cccc(-n2ncc(C(F)F)n2)c1. The smallest absolute Gasteiger partial charge is 0.335 e. The van der Waals surface area contributed by atoms with Gasteiger partial charge in [-0.15, -0.1) is 5.10 Å². The lowest BCUT2D eigenvalue weighted by atomic mass is 10.2. The first-order valence-electron chi connectivity index (χ1n) is 4.62. The summed E-state index contributed by atoms with van der Waals surface area (Å²) in [7, 11) is 0. The molecule has 0 fully saturated rings. The molecular formula is C10H7F2N3O2. The Bertz CT molecular complexity index is 554. The number of carbonyl (C=O) groups is 1. The van der Waals surface area contributed by atoms with Crippen molar-refractivity contribution >= 4 is 5.97 Å². The molecule has 1 aromatic carbocycles. The zero-order chi connectivity index (χ0) is 12.4. The van der Waals surface area contributed by atoms with Gasteiger partial charge in [0.15, 0.2) is 0 Å². The van der Waals surface area contributed by atoms with Gasteiger partial charge in [0.25, 0.3) is 6.43 Å². The monoisotopic (exact) mass is 239 g/mol. The number of nitrogens with zero attached hydrogens (tertiary/aromatic N) is 3. The van der Waals surface area contributed by atoms with Gasteiger partial charge in [0, 0.05) is 0 Å². The van der Waals surface area contributed by atoms with Crippen LogP contribution in [0.2, 0.25) is 0 Å². The summed E-state index contributed by atoms with van der Waals surface area (Å²) in [6, 6.07) is 5.72. The quantitative estimate of drug-likeness (QED) is 0.888. The Kier molecular flexibility index (Phi) is 2.82. The molecule has 0 saturated heterocycles. The van der Waals surface area contributed by atoms with Gasteiger partial charge in [-0.25, -0.2) is 13.6 Å². The third-order valence-electron chi connectivity index (χ3n) is 2.06. The van der Waals surface area contributed by atoms with E-state index < -0.39 is 18.1 Å². The fourth-order valence-corrected chi connectivity index (χ4v) is 1.26. The molecule has 0 spiro atoms. The minimum atomic E-state index is -2.70. The Morgan fingerprint density at radius 3 is 2.76 bits per heavy atom. The lowest BCUT2D eigenvalue weighted by molar-refractivity contribution is 0.0696. The number of hydrogen-bond acceptors (Lipinski definition) is 3. The summed E-state index contributed by atoms with van der Waals surface area (Å²) < 4.78 is 24.6. The van der Waals surface area contributed by atoms with E-state index >= 15 is 0 Å². The van der Waals surface area contributed by atoms with E-state index in [9.17, 15) is 13.6 Å². The van der Waals surface area contributed by atoms with Crippen molar-refractivity contribution in [3.63, 3.8) is 0 Å². The van der Waals surface area contributed by atoms with Crippen LogP contribution in [0.15, 0.2) is 30.5 Å². The molecule has 0 saturated carbocycles. The topological polar surface area (TPSA) is 68.0 Å². The predicted octanol–water partition coefficient (Wildman–Crippen LogP) is 1.90. The van der Waals surface area contributed by atoms with Crippen LogP contribution in [0.5, 0.6) is 0 Å². The first-order chi connectivity index (χ1) is 8.08. The molecule has 1 N–H and O–H groups in total. The third-order valence-corrected chi connectivity index (χ3v) is 2.06. The van der Waals surface area contributed by atoms with Crippen molar-refractivity contribution in [1.82, 2.24) is 15.0 Å². The summed E-state index contributed by atoms with van der Waals surface area (Å²) in [5, 5.41) is 16.0. The number of rotatable bonds is 3. The standard InChI is InChI=1S/C10H7F2N3O2/c11-9(12)8-5-13-15(14-8)7-3-1-2-6(4-7)10(16)17/h1-5,9H,(H,16,17). The second kappa shape index (κ2) is 4.28. The van der Waals surface area contributed by atoms with Crippen molar-refractivity contribution in [3.05, 3.63) is 41.7 Å². The second-order valence-electron chi connectivity index (χ2n) is 3.22. The third kappa shape index (κ3) is 2.27. The van der Waals surface area contributed by atoms with Crippen molar-refractivity contribution in [2.75, 3.05) is 0 Å². The molecular weight excluding hydrogens is 232 g/mol. The highest BCUT2D eigenvalue weighted by atomic mass is 19.3. The van der Waals surface area contributed by atoms with E-state index in [1.54, 1.807) is 0 Å². The van der Waals surface area contributed by atoms with Gasteiger partial charge < -0.3 is 5.11 Å². The van der Waals surface area contributed by atoms with Crippen molar-refractivity contribution in [2.24, 2.45) is 0 Å². The van der Waals surface area contributed by atoms with Crippen molar-refractivity contribution in [3.8, 4) is 5.69 Å². The molecule has 17 heavy (non-hydrogen) atoms. The lowest BCUT2D eigenvalue weighted by Gasteiger charge is -2.00. The molecule has 5 nitrogen and oxygen atoms in total. The van der Waals surface area contributed by atoms with Crippen molar-refractivity contribution in [2.45, 2.75) is 6.43 Å². The maximum absolute atomic E-state index is 12.3. The Morgan fingerprint density at radius 1 is 1.41 bits per heavy atom. The van der Waals surface area contributed by atoms with Crippen LogP contribution in [0.3, 0.4) is 0 Å². The van der Waals surface area contributed by atoms with Gasteiger partial charge in [-0.2, -0.15) is 9.90 Å². The van der Waals surface area contributed by atoms with Crippen LogP contribution in [0, 0.1) is 0 Å². The van der Waals surface area contributed by atoms with Crippen LogP contribution in [-0.4, -0.2) is 26.1 Å². The number of benzene rings is 1. The van der Waals surface area contributed by atoms with E-state index in [-0.39, 0.29) is 5.56 Å². The maximum Gasteiger partial charge on any atom is 0.335 e. The Balaban J connectivity index is 2.38. The van der Waals surface area contributed by atoms with Gasteiger partial charge in [0.1, 0.15) is 5.69 Å². The van der Waals surface area contributed by atoms with E-state index in [1.807, 2.05) is 0 Å². The van der Waals surface area contributed by atoms with Crippen LogP contribution in [-0.2, 0) is 0 Å². The number of aromatic nitrogens is 3. The van der Waals surface area contributed by atoms with Crippen LogP contribution in [0.25, 0.3) is 5.69 Å². The molecule has 88 valence electrons. The normalized spacial score (nSPS) is 10.8. The summed E-state index contributed by atoms with van der Waals surface area (Å²) in [5.74, 6) is -1.10. The number of halogens is 2. The highest BCUT2D eigenvalue weighted by molar-refractivity contribution is 5.88. The van der Waals surface area contributed by atoms with Crippen molar-refractivity contribution < 1.29 is 18.7 Å². The van der Waals surface area contributed by atoms with Crippen LogP contribution < -0.4 is 0 Å². The zero-order valence-corrected chi connectivity index (χ0v) is 8.42. The molecule has 0 amide bonds. The molecule has 0 aliphatic rings. The van der Waals surface area contributed by atoms with Gasteiger partial charge in [-0.1, -0.05) is 6.07 Å². The zero-order valence-electron chi connectivity index (χ0n) is 8.42. The molecule has 0 unspecified atom stereocenters. The molecule has 0 radical (unpaired) electrons. The van der Waals surface area contributed by atoms with E-state index in [2.05, 4.69) is 10.2 Å². The number of hydrogen-bond donors (Lipinski definition) is 1. The molecule has 7 heteroatoms. The second-order valence-corrected chi connectivity index (χ2v) is 3.22. The molecule has 2 aromatic rings. The van der Waals surface area contributed by atoms with Crippen molar-refractivity contribution in [1.29, 1.82) is 0 Å². The number of alkyl halides is 2. The van der Waals surface area contributed by atoms with Crippen LogP contribution >= 0.6 is 0 Å². The Hall–Kier alpha value is -2.31. The van der Waals surface area contributed by atoms with Crippen LogP contribution in [0.4, 0.5) is 8.78 Å². The average Bonchev–Trinajstić information content (AvgIpc) is 2.78. The van der Waals surface area contributed by atoms with E-state index in [4.69, 9.17) is 5.11 Å². The van der Waals surface area contributed by atoms with E-state index in [0.29, 0.717) is 5.69 Å². The molecule has 0 aliphatic carbocycles. The minimum Gasteiger partial charge on any atom is -0.478 e. The average molecular weight is 239 g/mol. The van der Waals surface area contributed by atoms with E-state index in [1.165, 1.54) is 24.3 Å². The van der Waals surface area contributed by atoms with Crippen LogP contribution in [0.1, 0.15) is 22.5 Å². The Labute approximate surface area is 94.3 Å². The largest absolute Gasteiger partial charge is 0.478 e. The van der Waals surface area contributed by atoms with Gasteiger partial charge in [0.2, 0.25) is 0 Å². The highest BCUT2D eigenvalue weighted by Gasteiger charge is 2.13. The maximum atomic E-state index is 12.3. The summed E-state index contributed by atoms with van der Waals surface area (Å²) in [4.78, 5) is 11.7. The number of carboxylic acid groups (broad SMARTS) is 1. The Morgan fingerprint density at radius 2 is 2.18 bits per heavy atom. The summed E-state index contributed by atoms with van der Waals surface area (Å²) in [6.07, 6.45) is -1.76. The van der Waals surface area contributed by atoms with Gasteiger partial charge in [-0.3, -0.25) is 0 Å². The molecule has 0 aliphatic heterocycles. The van der Waals surface area contributed by atoms with Gasteiger partial charge in [-0.05, 0) is 18.2 Å². The van der Waals surface area contributed by atoms with Gasteiger partial charge >= 0.3 is 5.97 Å². The number of carboxylic acids is 1. The molecule has 0 bridgehead atoms. The van der Waals surface area contributed by atoms with E-state index in [0.717, 1.165) is 11.0 Å². The fourth-order valence-electron chi connectivity index (χ4n) is 1.26. The molecule has 1 aromatic heterocycles. The number of aromatic carboxylic acids is 1. The molecule has 0 atom stereocenters. The first-order valence-corrected chi connectivity index (χ1v) is 4.62. The molecule has 2 rings (SSSR count).